The van der Waals surface area contributed by atoms with Gasteiger partial charge in [-0.25, -0.2) is 0 Å². The molecule has 2 amide bonds. The summed E-state index contributed by atoms with van der Waals surface area (Å²) < 4.78 is 0. The fourth-order valence-corrected chi connectivity index (χ4v) is 4.03. The molecular formula is C27H33N6O3P. The van der Waals surface area contributed by atoms with Crippen LogP contribution in [-0.2, 0) is 21.7 Å². The highest BCUT2D eigenvalue weighted by molar-refractivity contribution is 7.27. The van der Waals surface area contributed by atoms with Crippen LogP contribution in [0.2, 0.25) is 0 Å². The molecule has 1 atom stereocenters. The molecule has 37 heavy (non-hydrogen) atoms. The Kier molecular flexibility index (Phi) is 11.1. The number of amides is 2. The third-order valence-electron chi connectivity index (χ3n) is 5.76. The number of rotatable bonds is 9. The van der Waals surface area contributed by atoms with Crippen LogP contribution in [0.1, 0.15) is 46.8 Å². The van der Waals surface area contributed by atoms with Crippen LogP contribution in [0.15, 0.2) is 53.2 Å². The first-order valence-electron chi connectivity index (χ1n) is 11.7. The molecule has 2 aromatic rings. The minimum atomic E-state index is -0.724. The first-order chi connectivity index (χ1) is 17.7. The summed E-state index contributed by atoms with van der Waals surface area (Å²) in [5.74, 6) is -0.950. The van der Waals surface area contributed by atoms with E-state index < -0.39 is 11.4 Å². The molecule has 0 aliphatic heterocycles. The molecule has 1 saturated carbocycles. The third-order valence-corrected chi connectivity index (χ3v) is 6.26. The third kappa shape index (κ3) is 8.07. The number of allylic oxidation sites excluding steroid dienone is 2. The van der Waals surface area contributed by atoms with Gasteiger partial charge in [-0.15, -0.1) is 9.24 Å². The van der Waals surface area contributed by atoms with Crippen molar-refractivity contribution in [2.24, 2.45) is 10.7 Å². The monoisotopic (exact) mass is 520 g/mol. The first-order valence-corrected chi connectivity index (χ1v) is 12.2. The molecule has 0 saturated heterocycles. The van der Waals surface area contributed by atoms with Crippen LogP contribution >= 0.6 is 9.24 Å². The predicted octanol–water partition coefficient (Wildman–Crippen LogP) is 1.54. The van der Waals surface area contributed by atoms with Gasteiger partial charge in [0.1, 0.15) is 0 Å². The molecule has 1 aliphatic rings. The number of aliphatic imine (C=N–C) groups is 1. The van der Waals surface area contributed by atoms with Gasteiger partial charge in [-0.2, -0.15) is 5.26 Å². The van der Waals surface area contributed by atoms with E-state index >= 15 is 0 Å². The highest BCUT2D eigenvalue weighted by atomic mass is 31.0. The normalized spacial score (nSPS) is 13.9. The lowest BCUT2D eigenvalue weighted by atomic mass is 9.96. The van der Waals surface area contributed by atoms with Crippen molar-refractivity contribution in [3.63, 3.8) is 0 Å². The molecule has 0 spiro atoms. The Morgan fingerprint density at radius 2 is 1.92 bits per heavy atom. The molecule has 1 fully saturated rings. The van der Waals surface area contributed by atoms with Crippen molar-refractivity contribution < 1.29 is 14.4 Å². The van der Waals surface area contributed by atoms with Gasteiger partial charge < -0.3 is 21.7 Å². The van der Waals surface area contributed by atoms with Gasteiger partial charge in [-0.1, -0.05) is 30.3 Å². The van der Waals surface area contributed by atoms with Crippen LogP contribution in [-0.4, -0.2) is 45.0 Å². The Morgan fingerprint density at radius 3 is 2.46 bits per heavy atom. The van der Waals surface area contributed by atoms with Crippen LogP contribution in [0.3, 0.4) is 0 Å². The second kappa shape index (κ2) is 14.0. The minimum absolute atomic E-state index is 0.0976. The van der Waals surface area contributed by atoms with Crippen LogP contribution in [0.4, 0.5) is 0 Å². The molecule has 5 N–H and O–H groups in total. The van der Waals surface area contributed by atoms with E-state index in [9.17, 15) is 14.4 Å². The summed E-state index contributed by atoms with van der Waals surface area (Å²) in [7, 11) is 6.16. The number of benzene rings is 2. The maximum absolute atomic E-state index is 13.2. The number of aldehydes is 1. The van der Waals surface area contributed by atoms with E-state index in [1.807, 2.05) is 25.1 Å². The van der Waals surface area contributed by atoms with Gasteiger partial charge in [-0.05, 0) is 60.9 Å². The lowest BCUT2D eigenvalue weighted by Gasteiger charge is -2.21. The van der Waals surface area contributed by atoms with Crippen LogP contribution < -0.4 is 27.0 Å². The minimum Gasteiger partial charge on any atom is -0.402 e. The number of carbonyl (C=O) groups excluding carboxylic acids is 3. The van der Waals surface area contributed by atoms with E-state index in [4.69, 9.17) is 11.0 Å². The van der Waals surface area contributed by atoms with Crippen molar-refractivity contribution in [1.82, 2.24) is 16.0 Å². The lowest BCUT2D eigenvalue weighted by Crippen LogP contribution is -2.36. The maximum atomic E-state index is 13.2. The van der Waals surface area contributed by atoms with Gasteiger partial charge in [0.2, 0.25) is 6.29 Å². The molecule has 1 unspecified atom stereocenters. The SMILES string of the molecule is CN=C/C(=C(/C)N)c1cc(C2(NC(=O)c3ccccc3CNC(=O)C=O)CC2)ccc1P.CNCC#N. The van der Waals surface area contributed by atoms with Crippen molar-refractivity contribution in [2.75, 3.05) is 20.6 Å². The summed E-state index contributed by atoms with van der Waals surface area (Å²) in [5.41, 5.74) is 10.2. The Labute approximate surface area is 219 Å². The Balaban J connectivity index is 0.000000877. The Bertz CT molecular complexity index is 1240. The number of nitriles is 1. The molecule has 0 heterocycles. The molecule has 194 valence electrons. The second-order valence-corrected chi connectivity index (χ2v) is 9.13. The van der Waals surface area contributed by atoms with E-state index in [0.29, 0.717) is 23.4 Å². The molecule has 0 aromatic heterocycles. The molecule has 2 aromatic carbocycles. The summed E-state index contributed by atoms with van der Waals surface area (Å²) in [6.45, 7) is 2.38. The summed E-state index contributed by atoms with van der Waals surface area (Å²) in [5, 5.41) is 17.1. The van der Waals surface area contributed by atoms with E-state index in [2.05, 4.69) is 36.2 Å². The molecule has 10 heteroatoms. The average molecular weight is 521 g/mol. The Hall–Kier alpha value is -3.86. The number of nitrogens with one attached hydrogen (secondary N) is 3. The zero-order chi connectivity index (χ0) is 27.4. The molecule has 0 bridgehead atoms. The number of nitrogens with two attached hydrogens (primary N) is 1. The van der Waals surface area contributed by atoms with Crippen LogP contribution in [0.5, 0.6) is 0 Å². The molecule has 0 radical (unpaired) electrons. The second-order valence-electron chi connectivity index (χ2n) is 8.50. The number of hydrogen-bond donors (Lipinski definition) is 4. The highest BCUT2D eigenvalue weighted by Gasteiger charge is 2.46. The fraction of sp³-hybridized carbons (Fsp3) is 0.296. The molecule has 9 nitrogen and oxygen atoms in total. The van der Waals surface area contributed by atoms with E-state index in [1.54, 1.807) is 44.6 Å². The molecule has 3 rings (SSSR count). The largest absolute Gasteiger partial charge is 0.402 e. The zero-order valence-corrected chi connectivity index (χ0v) is 22.5. The summed E-state index contributed by atoms with van der Waals surface area (Å²) in [6, 6.07) is 15.0. The zero-order valence-electron chi connectivity index (χ0n) is 21.3. The van der Waals surface area contributed by atoms with Gasteiger partial charge in [0.05, 0.1) is 18.2 Å². The Morgan fingerprint density at radius 1 is 1.22 bits per heavy atom. The van der Waals surface area contributed by atoms with E-state index in [-0.39, 0.29) is 18.7 Å². The molecule has 1 aliphatic carbocycles. The van der Waals surface area contributed by atoms with Crippen LogP contribution in [0.25, 0.3) is 5.57 Å². The maximum Gasteiger partial charge on any atom is 0.284 e. The summed E-state index contributed by atoms with van der Waals surface area (Å²) in [6.07, 6.45) is 3.59. The van der Waals surface area contributed by atoms with Crippen LogP contribution in [0, 0.1) is 11.3 Å². The number of nitrogens with zero attached hydrogens (tertiary/aromatic N) is 2. The average Bonchev–Trinajstić information content (AvgIpc) is 3.67. The van der Waals surface area contributed by atoms with Gasteiger partial charge in [0.25, 0.3) is 11.8 Å². The van der Waals surface area contributed by atoms with Crippen molar-refractivity contribution >= 4 is 44.4 Å². The smallest absolute Gasteiger partial charge is 0.284 e. The number of carbonyl (C=O) groups is 3. The van der Waals surface area contributed by atoms with Gasteiger partial charge >= 0.3 is 0 Å². The van der Waals surface area contributed by atoms with Crippen molar-refractivity contribution in [2.45, 2.75) is 31.8 Å². The quantitative estimate of drug-likeness (QED) is 0.130. The summed E-state index contributed by atoms with van der Waals surface area (Å²) >= 11 is 0. The lowest BCUT2D eigenvalue weighted by molar-refractivity contribution is -0.131. The topological polar surface area (TPSA) is 149 Å². The first kappa shape index (κ1) is 29.4. The fourth-order valence-electron chi connectivity index (χ4n) is 3.69. The standard InChI is InChI=1S/C24H27N4O3P.C3H6N2/c1-15(25)20(13-26-2)19-11-17(7-8-21(19)32)24(9-10-24)28-23(31)18-6-4-3-5-16(18)12-27-22(30)14-29;1-5-3-2-4/h3-8,11,13-14H,9-10,12,25,32H2,1-2H3,(H,27,30)(H,28,31);5H,3H2,1H3/b20-15+,26-13?;. The van der Waals surface area contributed by atoms with Crippen molar-refractivity contribution in [1.29, 1.82) is 5.26 Å². The van der Waals surface area contributed by atoms with E-state index in [0.717, 1.165) is 34.8 Å². The predicted molar refractivity (Wildman–Crippen MR) is 149 cm³/mol. The van der Waals surface area contributed by atoms with Crippen molar-refractivity contribution in [3.8, 4) is 6.07 Å². The van der Waals surface area contributed by atoms with Gasteiger partial charge in [0, 0.05) is 36.6 Å². The van der Waals surface area contributed by atoms with Crippen molar-refractivity contribution in [3.05, 3.63) is 70.4 Å². The number of hydrogen-bond acceptors (Lipinski definition) is 7. The van der Waals surface area contributed by atoms with E-state index in [1.165, 1.54) is 0 Å². The highest BCUT2D eigenvalue weighted by Crippen LogP contribution is 2.46. The van der Waals surface area contributed by atoms with Gasteiger partial charge in [-0.3, -0.25) is 19.4 Å². The summed E-state index contributed by atoms with van der Waals surface area (Å²) in [4.78, 5) is 39.1. The van der Waals surface area contributed by atoms with Gasteiger partial charge in [0.15, 0.2) is 0 Å². The molecular weight excluding hydrogens is 487 g/mol.